The lowest BCUT2D eigenvalue weighted by atomic mass is 9.51. The maximum absolute atomic E-state index is 12.7. The third-order valence-electron chi connectivity index (χ3n) is 7.92. The van der Waals surface area contributed by atoms with E-state index in [1.54, 1.807) is 26.0 Å². The topological polar surface area (TPSA) is 76.4 Å². The maximum Gasteiger partial charge on any atom is 0.310 e. The summed E-state index contributed by atoms with van der Waals surface area (Å²) < 4.78 is 11.9. The minimum atomic E-state index is -0.719. The first-order valence-corrected chi connectivity index (χ1v) is 13.3. The van der Waals surface area contributed by atoms with Crippen molar-refractivity contribution in [3.8, 4) is 17.6 Å². The average molecular weight is 514 g/mol. The van der Waals surface area contributed by atoms with Crippen molar-refractivity contribution in [2.24, 2.45) is 0 Å². The molecule has 3 aliphatic rings. The van der Waals surface area contributed by atoms with E-state index in [-0.39, 0.29) is 30.7 Å². The minimum Gasteiger partial charge on any atom is -0.426 e. The number of benzene rings is 4. The molecule has 4 aromatic rings. The molecule has 0 aromatic heterocycles. The van der Waals surface area contributed by atoms with Gasteiger partial charge < -0.3 is 9.47 Å². The van der Waals surface area contributed by atoms with Crippen LogP contribution in [-0.2, 0) is 21.4 Å². The standard InChI is InChI=1S/C34H27NO4/c1-3-29(36)38-27-17-18-28(39-30(37)4-2)33-32(27)31-23-9-5-7-11-25(23)34(33,26-12-8-6-10-24(26)31)19-21-13-15-22(20-35)16-14-21/h5-18,31H,3-4,19H2,1-2H3. The van der Waals surface area contributed by atoms with Gasteiger partial charge in [0.2, 0.25) is 0 Å². The zero-order valence-electron chi connectivity index (χ0n) is 21.9. The molecule has 0 unspecified atom stereocenters. The fourth-order valence-corrected chi connectivity index (χ4v) is 6.32. The molecule has 0 saturated heterocycles. The first kappa shape index (κ1) is 24.6. The molecule has 4 aromatic carbocycles. The molecule has 0 heterocycles. The van der Waals surface area contributed by atoms with Crippen molar-refractivity contribution in [1.29, 1.82) is 5.26 Å². The average Bonchev–Trinajstić information content (AvgIpc) is 2.98. The predicted molar refractivity (Wildman–Crippen MR) is 147 cm³/mol. The Bertz CT molecular complexity index is 1610. The molecular weight excluding hydrogens is 486 g/mol. The lowest BCUT2D eigenvalue weighted by Gasteiger charge is -2.51. The molecule has 7 rings (SSSR count). The fourth-order valence-electron chi connectivity index (χ4n) is 6.32. The van der Waals surface area contributed by atoms with Gasteiger partial charge in [-0.05, 0) is 58.5 Å². The summed E-state index contributed by atoms with van der Waals surface area (Å²) in [5.74, 6) is 0.143. The van der Waals surface area contributed by atoms with Crippen LogP contribution in [0.3, 0.4) is 0 Å². The van der Waals surface area contributed by atoms with Gasteiger partial charge in [0, 0.05) is 29.9 Å². The van der Waals surface area contributed by atoms with Crippen LogP contribution in [0.1, 0.15) is 77.1 Å². The van der Waals surface area contributed by atoms with Gasteiger partial charge in [0.1, 0.15) is 11.5 Å². The van der Waals surface area contributed by atoms with Crippen LogP contribution in [0.4, 0.5) is 0 Å². The fraction of sp³-hybridized carbons (Fsp3) is 0.206. The first-order valence-electron chi connectivity index (χ1n) is 13.3. The quantitative estimate of drug-likeness (QED) is 0.215. The highest BCUT2D eigenvalue weighted by Crippen LogP contribution is 2.64. The molecule has 39 heavy (non-hydrogen) atoms. The summed E-state index contributed by atoms with van der Waals surface area (Å²) in [5.41, 5.74) is 7.20. The van der Waals surface area contributed by atoms with E-state index in [0.717, 1.165) is 38.9 Å². The molecule has 5 heteroatoms. The van der Waals surface area contributed by atoms with Gasteiger partial charge in [-0.15, -0.1) is 0 Å². The van der Waals surface area contributed by atoms with Crippen LogP contribution in [0.25, 0.3) is 0 Å². The Labute approximate surface area is 227 Å². The zero-order valence-corrected chi connectivity index (χ0v) is 21.9. The van der Waals surface area contributed by atoms with Gasteiger partial charge in [-0.2, -0.15) is 5.26 Å². The Morgan fingerprint density at radius 2 is 1.31 bits per heavy atom. The normalized spacial score (nSPS) is 17.8. The second-order valence-corrected chi connectivity index (χ2v) is 10.0. The first-order chi connectivity index (χ1) is 19.0. The third kappa shape index (κ3) is 3.75. The number of esters is 2. The highest BCUT2D eigenvalue weighted by Gasteiger charge is 2.54. The van der Waals surface area contributed by atoms with Crippen LogP contribution in [0.5, 0.6) is 11.5 Å². The second-order valence-electron chi connectivity index (χ2n) is 10.0. The number of ether oxygens (including phenoxy) is 2. The van der Waals surface area contributed by atoms with E-state index in [1.165, 1.54) is 0 Å². The molecule has 0 aliphatic heterocycles. The van der Waals surface area contributed by atoms with Crippen LogP contribution in [0.2, 0.25) is 0 Å². The number of hydrogen-bond acceptors (Lipinski definition) is 5. The Kier molecular flexibility index (Phi) is 6.04. The van der Waals surface area contributed by atoms with Gasteiger partial charge in [-0.1, -0.05) is 74.5 Å². The van der Waals surface area contributed by atoms with Gasteiger partial charge in [0.15, 0.2) is 0 Å². The van der Waals surface area contributed by atoms with E-state index >= 15 is 0 Å². The third-order valence-corrected chi connectivity index (χ3v) is 7.92. The summed E-state index contributed by atoms with van der Waals surface area (Å²) in [7, 11) is 0. The minimum absolute atomic E-state index is 0.185. The number of hydrogen-bond donors (Lipinski definition) is 0. The molecule has 5 nitrogen and oxygen atoms in total. The maximum atomic E-state index is 12.7. The molecular formula is C34H27NO4. The van der Waals surface area contributed by atoms with Gasteiger partial charge in [-0.3, -0.25) is 9.59 Å². The second kappa shape index (κ2) is 9.56. The summed E-state index contributed by atoms with van der Waals surface area (Å²) in [4.78, 5) is 25.2. The Morgan fingerprint density at radius 1 is 0.769 bits per heavy atom. The van der Waals surface area contributed by atoms with Crippen LogP contribution in [-0.4, -0.2) is 11.9 Å². The van der Waals surface area contributed by atoms with Gasteiger partial charge in [-0.25, -0.2) is 0 Å². The summed E-state index contributed by atoms with van der Waals surface area (Å²) in [6.07, 6.45) is 1.05. The smallest absolute Gasteiger partial charge is 0.310 e. The Morgan fingerprint density at radius 3 is 1.87 bits per heavy atom. The lowest BCUT2D eigenvalue weighted by Crippen LogP contribution is -2.44. The van der Waals surface area contributed by atoms with Crippen molar-refractivity contribution >= 4 is 11.9 Å². The Balaban J connectivity index is 1.71. The van der Waals surface area contributed by atoms with E-state index in [1.807, 2.05) is 48.5 Å². The van der Waals surface area contributed by atoms with Crippen molar-refractivity contribution in [1.82, 2.24) is 0 Å². The van der Waals surface area contributed by atoms with Gasteiger partial charge in [0.05, 0.1) is 17.0 Å². The summed E-state index contributed by atoms with van der Waals surface area (Å²) in [6, 6.07) is 30.1. The largest absolute Gasteiger partial charge is 0.426 e. The lowest BCUT2D eigenvalue weighted by molar-refractivity contribution is -0.135. The van der Waals surface area contributed by atoms with Crippen molar-refractivity contribution in [3.05, 3.63) is 129 Å². The van der Waals surface area contributed by atoms with Crippen molar-refractivity contribution < 1.29 is 19.1 Å². The number of nitrogens with zero attached hydrogens (tertiary/aromatic N) is 1. The highest BCUT2D eigenvalue weighted by molar-refractivity contribution is 5.81. The molecule has 192 valence electrons. The molecule has 0 N–H and O–H groups in total. The van der Waals surface area contributed by atoms with Crippen LogP contribution >= 0.6 is 0 Å². The van der Waals surface area contributed by atoms with Crippen LogP contribution < -0.4 is 9.47 Å². The van der Waals surface area contributed by atoms with Crippen LogP contribution in [0.15, 0.2) is 84.9 Å². The highest BCUT2D eigenvalue weighted by atomic mass is 16.5. The predicted octanol–water partition coefficient (Wildman–Crippen LogP) is 6.57. The van der Waals surface area contributed by atoms with Crippen molar-refractivity contribution in [2.75, 3.05) is 0 Å². The van der Waals surface area contributed by atoms with Gasteiger partial charge >= 0.3 is 11.9 Å². The number of nitriles is 1. The van der Waals surface area contributed by atoms with E-state index in [9.17, 15) is 14.9 Å². The Hall–Kier alpha value is -4.69. The van der Waals surface area contributed by atoms with Crippen molar-refractivity contribution in [3.63, 3.8) is 0 Å². The molecule has 0 fully saturated rings. The van der Waals surface area contributed by atoms with Gasteiger partial charge in [0.25, 0.3) is 0 Å². The van der Waals surface area contributed by atoms with E-state index < -0.39 is 5.41 Å². The summed E-state index contributed by atoms with van der Waals surface area (Å²) in [6.45, 7) is 3.55. The number of carbonyl (C=O) groups excluding carboxylic acids is 2. The molecule has 3 aliphatic carbocycles. The van der Waals surface area contributed by atoms with E-state index in [2.05, 4.69) is 30.3 Å². The van der Waals surface area contributed by atoms with Crippen LogP contribution in [0, 0.1) is 11.3 Å². The van der Waals surface area contributed by atoms with Crippen molar-refractivity contribution in [2.45, 2.75) is 44.4 Å². The molecule has 0 atom stereocenters. The monoisotopic (exact) mass is 513 g/mol. The zero-order chi connectivity index (χ0) is 27.1. The SMILES string of the molecule is CCC(=O)Oc1ccc(OC(=O)CC)c2c1C1c3ccccc3C2(Cc2ccc(C#N)cc2)c2ccccc21. The molecule has 0 radical (unpaired) electrons. The molecule has 0 spiro atoms. The molecule has 2 bridgehead atoms. The van der Waals surface area contributed by atoms with E-state index in [4.69, 9.17) is 9.47 Å². The summed E-state index contributed by atoms with van der Waals surface area (Å²) >= 11 is 0. The number of rotatable bonds is 6. The summed E-state index contributed by atoms with van der Waals surface area (Å²) in [5, 5.41) is 9.37. The number of carbonyl (C=O) groups is 2. The molecule has 0 saturated carbocycles. The van der Waals surface area contributed by atoms with E-state index in [0.29, 0.717) is 23.5 Å². The molecule has 0 amide bonds.